The first-order chi connectivity index (χ1) is 22.0. The summed E-state index contributed by atoms with van der Waals surface area (Å²) in [5.41, 5.74) is 17.6. The standard InChI is InChI=1S/C45H52/c1-6-8-10-12-14-41-32-45(40-27-25-38(26-28-40)43-29-18-34(4)30-35(43)5)42(15-13-11-9-7-2)31-44(41)39-23-21-37(22-24-39)36-19-16-33(3)17-20-36/h16-32H,6-15H2,1-5H3. The topological polar surface area (TPSA) is 0 Å². The first-order valence-electron chi connectivity index (χ1n) is 17.5. The molecule has 0 saturated carbocycles. The van der Waals surface area contributed by atoms with Crippen molar-refractivity contribution in [2.45, 2.75) is 98.8 Å². The summed E-state index contributed by atoms with van der Waals surface area (Å²) in [5.74, 6) is 0. The lowest BCUT2D eigenvalue weighted by atomic mass is 9.86. The minimum atomic E-state index is 1.12. The number of benzene rings is 5. The molecule has 5 aromatic rings. The van der Waals surface area contributed by atoms with Gasteiger partial charge in [-0.15, -0.1) is 0 Å². The normalized spacial score (nSPS) is 11.2. The maximum atomic E-state index is 2.55. The number of hydrogen-bond acceptors (Lipinski definition) is 0. The summed E-state index contributed by atoms with van der Waals surface area (Å²) < 4.78 is 0. The van der Waals surface area contributed by atoms with Gasteiger partial charge in [-0.25, -0.2) is 0 Å². The Kier molecular flexibility index (Phi) is 11.5. The van der Waals surface area contributed by atoms with Crippen LogP contribution < -0.4 is 0 Å². The average molecular weight is 593 g/mol. The van der Waals surface area contributed by atoms with E-state index in [9.17, 15) is 0 Å². The van der Waals surface area contributed by atoms with E-state index in [-0.39, 0.29) is 0 Å². The molecule has 0 amide bonds. The fourth-order valence-electron chi connectivity index (χ4n) is 6.68. The predicted octanol–water partition coefficient (Wildman–Crippen LogP) is 13.5. The van der Waals surface area contributed by atoms with Crippen LogP contribution in [0.25, 0.3) is 44.5 Å². The second-order valence-corrected chi connectivity index (χ2v) is 13.1. The number of unbranched alkanes of at least 4 members (excludes halogenated alkanes) is 6. The van der Waals surface area contributed by atoms with Crippen molar-refractivity contribution in [2.24, 2.45) is 0 Å². The van der Waals surface area contributed by atoms with Gasteiger partial charge in [0.25, 0.3) is 0 Å². The van der Waals surface area contributed by atoms with E-state index in [0.717, 1.165) is 12.8 Å². The van der Waals surface area contributed by atoms with Crippen LogP contribution in [0.3, 0.4) is 0 Å². The third kappa shape index (κ3) is 8.43. The monoisotopic (exact) mass is 592 g/mol. The van der Waals surface area contributed by atoms with E-state index in [1.54, 1.807) is 0 Å². The van der Waals surface area contributed by atoms with Gasteiger partial charge in [-0.1, -0.05) is 167 Å². The van der Waals surface area contributed by atoms with Crippen LogP contribution >= 0.6 is 0 Å². The Morgan fingerprint density at radius 3 is 1.20 bits per heavy atom. The van der Waals surface area contributed by atoms with E-state index in [0.29, 0.717) is 0 Å². The van der Waals surface area contributed by atoms with E-state index in [2.05, 4.69) is 138 Å². The quantitative estimate of drug-likeness (QED) is 0.113. The summed E-state index contributed by atoms with van der Waals surface area (Å²) in [6, 6.07) is 39.4. The largest absolute Gasteiger partial charge is 0.0654 e. The summed E-state index contributed by atoms with van der Waals surface area (Å²) in [6.45, 7) is 11.1. The van der Waals surface area contributed by atoms with Gasteiger partial charge in [0.1, 0.15) is 0 Å². The molecule has 0 aromatic heterocycles. The molecule has 0 fully saturated rings. The van der Waals surface area contributed by atoms with Crippen molar-refractivity contribution in [3.63, 3.8) is 0 Å². The van der Waals surface area contributed by atoms with Crippen molar-refractivity contribution >= 4 is 0 Å². The molecule has 45 heavy (non-hydrogen) atoms. The molecule has 0 saturated heterocycles. The van der Waals surface area contributed by atoms with Crippen LogP contribution in [-0.2, 0) is 12.8 Å². The van der Waals surface area contributed by atoms with Gasteiger partial charge < -0.3 is 0 Å². The van der Waals surface area contributed by atoms with Gasteiger partial charge in [-0.2, -0.15) is 0 Å². The zero-order valence-corrected chi connectivity index (χ0v) is 28.4. The minimum absolute atomic E-state index is 1.12. The van der Waals surface area contributed by atoms with Gasteiger partial charge >= 0.3 is 0 Å². The fourth-order valence-corrected chi connectivity index (χ4v) is 6.68. The highest BCUT2D eigenvalue weighted by molar-refractivity contribution is 5.80. The summed E-state index contributed by atoms with van der Waals surface area (Å²) in [6.07, 6.45) is 12.5. The zero-order chi connectivity index (χ0) is 31.6. The van der Waals surface area contributed by atoms with Gasteiger partial charge in [0.2, 0.25) is 0 Å². The first-order valence-corrected chi connectivity index (χ1v) is 17.5. The van der Waals surface area contributed by atoms with Gasteiger partial charge in [0.15, 0.2) is 0 Å². The molecule has 0 aliphatic carbocycles. The van der Waals surface area contributed by atoms with E-state index < -0.39 is 0 Å². The third-order valence-electron chi connectivity index (χ3n) is 9.40. The Morgan fingerprint density at radius 2 is 0.756 bits per heavy atom. The fraction of sp³-hybridized carbons (Fsp3) is 0.333. The molecular weight excluding hydrogens is 540 g/mol. The summed E-state index contributed by atoms with van der Waals surface area (Å²) in [7, 11) is 0. The lowest BCUT2D eigenvalue weighted by Gasteiger charge is -2.19. The Morgan fingerprint density at radius 1 is 0.356 bits per heavy atom. The summed E-state index contributed by atoms with van der Waals surface area (Å²) in [5, 5.41) is 0. The lowest BCUT2D eigenvalue weighted by molar-refractivity contribution is 0.664. The second-order valence-electron chi connectivity index (χ2n) is 13.1. The van der Waals surface area contributed by atoms with Gasteiger partial charge in [0.05, 0.1) is 0 Å². The molecule has 0 atom stereocenters. The highest BCUT2D eigenvalue weighted by Crippen LogP contribution is 2.36. The highest BCUT2D eigenvalue weighted by Gasteiger charge is 2.15. The average Bonchev–Trinajstić information content (AvgIpc) is 3.06. The molecule has 5 aromatic carbocycles. The van der Waals surface area contributed by atoms with Crippen LogP contribution in [-0.4, -0.2) is 0 Å². The Bertz CT molecular complexity index is 1650. The molecule has 0 bridgehead atoms. The third-order valence-corrected chi connectivity index (χ3v) is 9.40. The SMILES string of the molecule is CCCCCCc1cc(-c2ccc(-c3ccc(C)cc3C)cc2)c(CCCCCC)cc1-c1ccc(-c2ccc(C)cc2)cc1. The lowest BCUT2D eigenvalue weighted by Crippen LogP contribution is -1.99. The van der Waals surface area contributed by atoms with Crippen molar-refractivity contribution in [3.05, 3.63) is 131 Å². The molecule has 0 N–H and O–H groups in total. The van der Waals surface area contributed by atoms with Gasteiger partial charge in [-0.3, -0.25) is 0 Å². The van der Waals surface area contributed by atoms with Crippen molar-refractivity contribution in [1.29, 1.82) is 0 Å². The second kappa shape index (κ2) is 15.9. The first kappa shape index (κ1) is 32.5. The summed E-state index contributed by atoms with van der Waals surface area (Å²) in [4.78, 5) is 0. The number of rotatable bonds is 14. The molecule has 0 spiro atoms. The van der Waals surface area contributed by atoms with Crippen molar-refractivity contribution in [2.75, 3.05) is 0 Å². The Hall–Kier alpha value is -3.90. The van der Waals surface area contributed by atoms with E-state index in [1.807, 2.05) is 0 Å². The molecule has 0 heterocycles. The van der Waals surface area contributed by atoms with Crippen LogP contribution in [0.1, 0.15) is 93.0 Å². The van der Waals surface area contributed by atoms with Crippen LogP contribution in [0.5, 0.6) is 0 Å². The van der Waals surface area contributed by atoms with Crippen LogP contribution in [0.15, 0.2) is 103 Å². The molecule has 0 aliphatic rings. The van der Waals surface area contributed by atoms with Crippen LogP contribution in [0.4, 0.5) is 0 Å². The highest BCUT2D eigenvalue weighted by atomic mass is 14.2. The van der Waals surface area contributed by atoms with Crippen LogP contribution in [0, 0.1) is 20.8 Å². The molecule has 0 unspecified atom stereocenters. The summed E-state index contributed by atoms with van der Waals surface area (Å²) >= 11 is 0. The molecular formula is C45H52. The van der Waals surface area contributed by atoms with Crippen molar-refractivity contribution in [3.8, 4) is 44.5 Å². The molecule has 5 rings (SSSR count). The Balaban J connectivity index is 1.54. The molecule has 0 radical (unpaired) electrons. The number of hydrogen-bond donors (Lipinski definition) is 0. The van der Waals surface area contributed by atoms with Crippen molar-refractivity contribution in [1.82, 2.24) is 0 Å². The van der Waals surface area contributed by atoms with E-state index in [4.69, 9.17) is 0 Å². The molecule has 0 nitrogen and oxygen atoms in total. The maximum absolute atomic E-state index is 2.55. The minimum Gasteiger partial charge on any atom is -0.0654 e. The van der Waals surface area contributed by atoms with E-state index in [1.165, 1.54) is 124 Å². The molecule has 0 heteroatoms. The van der Waals surface area contributed by atoms with Crippen LogP contribution in [0.2, 0.25) is 0 Å². The zero-order valence-electron chi connectivity index (χ0n) is 28.4. The van der Waals surface area contributed by atoms with Crippen molar-refractivity contribution < 1.29 is 0 Å². The maximum Gasteiger partial charge on any atom is -0.0149 e. The smallest absolute Gasteiger partial charge is 0.0149 e. The molecule has 0 aliphatic heterocycles. The van der Waals surface area contributed by atoms with E-state index >= 15 is 0 Å². The predicted molar refractivity (Wildman–Crippen MR) is 198 cm³/mol. The molecule has 232 valence electrons. The number of aryl methyl sites for hydroxylation is 5. The Labute approximate surface area is 273 Å². The van der Waals surface area contributed by atoms with Gasteiger partial charge in [0, 0.05) is 0 Å². The van der Waals surface area contributed by atoms with Gasteiger partial charge in [-0.05, 0) is 108 Å².